The minimum atomic E-state index is -3.56. The van der Waals surface area contributed by atoms with E-state index in [1.54, 1.807) is 12.1 Å². The topological polar surface area (TPSA) is 83.5 Å². The highest BCUT2D eigenvalue weighted by atomic mass is 32.2. The Kier molecular flexibility index (Phi) is 5.92. The third kappa shape index (κ3) is 5.13. The maximum absolute atomic E-state index is 12.3. The Morgan fingerprint density at radius 2 is 1.71 bits per heavy atom. The van der Waals surface area contributed by atoms with Gasteiger partial charge in [-0.15, -0.1) is 0 Å². The number of carboxylic acids is 1. The van der Waals surface area contributed by atoms with Crippen LogP contribution in [0.4, 0.5) is 0 Å². The molecule has 21 heavy (non-hydrogen) atoms. The fourth-order valence-electron chi connectivity index (χ4n) is 1.86. The van der Waals surface area contributed by atoms with E-state index < -0.39 is 21.5 Å². The van der Waals surface area contributed by atoms with Crippen molar-refractivity contribution in [2.45, 2.75) is 56.9 Å². The van der Waals surface area contributed by atoms with Crippen LogP contribution in [0.25, 0.3) is 0 Å². The number of benzene rings is 1. The largest absolute Gasteiger partial charge is 0.481 e. The molecular weight excluding hydrogens is 290 g/mol. The monoisotopic (exact) mass is 313 g/mol. The van der Waals surface area contributed by atoms with Gasteiger partial charge in [-0.05, 0) is 43.9 Å². The van der Waals surface area contributed by atoms with Crippen LogP contribution in [0.3, 0.4) is 0 Å². The molecular formula is C15H23NO4S. The molecule has 0 heterocycles. The van der Waals surface area contributed by atoms with Crippen LogP contribution in [0.2, 0.25) is 0 Å². The molecule has 0 aliphatic carbocycles. The molecule has 0 fully saturated rings. The number of carboxylic acid groups (broad SMARTS) is 1. The quantitative estimate of drug-likeness (QED) is 0.772. The normalized spacial score (nSPS) is 12.3. The number of nitrogens with one attached hydrogen (secondary N) is 1. The molecule has 6 heteroatoms. The Bertz CT molecular complexity index is 574. The SMILES string of the molecule is CCC(C)(CC)NS(=O)(=O)c1ccc(CCC(=O)O)cc1. The van der Waals surface area contributed by atoms with Crippen LogP contribution in [-0.4, -0.2) is 25.0 Å². The highest BCUT2D eigenvalue weighted by Gasteiger charge is 2.27. The molecule has 1 aromatic carbocycles. The van der Waals surface area contributed by atoms with Crippen molar-refractivity contribution in [3.63, 3.8) is 0 Å². The lowest BCUT2D eigenvalue weighted by atomic mass is 9.98. The summed E-state index contributed by atoms with van der Waals surface area (Å²) in [6.45, 7) is 5.77. The Labute approximate surface area is 126 Å². The van der Waals surface area contributed by atoms with E-state index in [4.69, 9.17) is 5.11 Å². The maximum atomic E-state index is 12.3. The van der Waals surface area contributed by atoms with Gasteiger partial charge in [0.05, 0.1) is 4.90 Å². The summed E-state index contributed by atoms with van der Waals surface area (Å²) >= 11 is 0. The second-order valence-electron chi connectivity index (χ2n) is 5.41. The molecule has 0 aliphatic heterocycles. The average Bonchev–Trinajstić information content (AvgIpc) is 2.45. The molecule has 0 unspecified atom stereocenters. The zero-order valence-corrected chi connectivity index (χ0v) is 13.5. The minimum Gasteiger partial charge on any atom is -0.481 e. The molecule has 5 nitrogen and oxygen atoms in total. The van der Waals surface area contributed by atoms with Gasteiger partial charge < -0.3 is 5.11 Å². The summed E-state index contributed by atoms with van der Waals surface area (Å²) in [4.78, 5) is 10.7. The number of hydrogen-bond acceptors (Lipinski definition) is 3. The first-order valence-corrected chi connectivity index (χ1v) is 8.55. The first kappa shape index (κ1) is 17.7. The lowest BCUT2D eigenvalue weighted by Gasteiger charge is -2.27. The minimum absolute atomic E-state index is 0.0358. The molecule has 1 rings (SSSR count). The van der Waals surface area contributed by atoms with Gasteiger partial charge in [-0.1, -0.05) is 26.0 Å². The van der Waals surface area contributed by atoms with Crippen molar-refractivity contribution in [2.75, 3.05) is 0 Å². The van der Waals surface area contributed by atoms with Crippen molar-refractivity contribution in [3.05, 3.63) is 29.8 Å². The number of aliphatic carboxylic acids is 1. The summed E-state index contributed by atoms with van der Waals surface area (Å²) in [5.41, 5.74) is 0.353. The van der Waals surface area contributed by atoms with Gasteiger partial charge in [0, 0.05) is 12.0 Å². The number of carbonyl (C=O) groups is 1. The van der Waals surface area contributed by atoms with E-state index in [0.29, 0.717) is 19.3 Å². The number of aryl methyl sites for hydroxylation is 1. The van der Waals surface area contributed by atoms with E-state index in [-0.39, 0.29) is 11.3 Å². The summed E-state index contributed by atoms with van der Waals surface area (Å²) in [7, 11) is -3.56. The smallest absolute Gasteiger partial charge is 0.303 e. The molecule has 0 amide bonds. The lowest BCUT2D eigenvalue weighted by molar-refractivity contribution is -0.136. The van der Waals surface area contributed by atoms with Crippen molar-refractivity contribution in [1.29, 1.82) is 0 Å². The number of hydrogen-bond donors (Lipinski definition) is 2. The number of rotatable bonds is 8. The first-order chi connectivity index (χ1) is 9.72. The summed E-state index contributed by atoms with van der Waals surface area (Å²) in [6.07, 6.45) is 1.84. The Balaban J connectivity index is 2.87. The van der Waals surface area contributed by atoms with E-state index in [0.717, 1.165) is 5.56 Å². The third-order valence-electron chi connectivity index (χ3n) is 3.80. The van der Waals surface area contributed by atoms with Crippen molar-refractivity contribution >= 4 is 16.0 Å². The Hall–Kier alpha value is -1.40. The van der Waals surface area contributed by atoms with Crippen LogP contribution in [0.1, 0.15) is 45.6 Å². The van der Waals surface area contributed by atoms with Gasteiger partial charge in [0.2, 0.25) is 10.0 Å². The van der Waals surface area contributed by atoms with E-state index in [9.17, 15) is 13.2 Å². The standard InChI is InChI=1S/C15H23NO4S/c1-4-15(3,5-2)16-21(19,20)13-9-6-12(7-10-13)8-11-14(17)18/h6-7,9-10,16H,4-5,8,11H2,1-3H3,(H,17,18). The van der Waals surface area contributed by atoms with Crippen molar-refractivity contribution < 1.29 is 18.3 Å². The lowest BCUT2D eigenvalue weighted by Crippen LogP contribution is -2.44. The molecule has 0 spiro atoms. The molecule has 0 atom stereocenters. The van der Waals surface area contributed by atoms with Gasteiger partial charge in [-0.3, -0.25) is 4.79 Å². The fourth-order valence-corrected chi connectivity index (χ4v) is 3.41. The molecule has 0 radical (unpaired) electrons. The molecule has 1 aromatic rings. The Morgan fingerprint density at radius 3 is 2.14 bits per heavy atom. The third-order valence-corrected chi connectivity index (χ3v) is 5.46. The van der Waals surface area contributed by atoms with Crippen LogP contribution < -0.4 is 4.72 Å². The average molecular weight is 313 g/mol. The molecule has 0 saturated heterocycles. The van der Waals surface area contributed by atoms with Crippen molar-refractivity contribution in [3.8, 4) is 0 Å². The summed E-state index contributed by atoms with van der Waals surface area (Å²) in [5, 5.41) is 8.63. The van der Waals surface area contributed by atoms with Crippen LogP contribution in [0, 0.1) is 0 Å². The molecule has 0 saturated carbocycles. The van der Waals surface area contributed by atoms with Gasteiger partial charge in [-0.25, -0.2) is 13.1 Å². The van der Waals surface area contributed by atoms with Crippen LogP contribution in [0.15, 0.2) is 29.2 Å². The van der Waals surface area contributed by atoms with Gasteiger partial charge >= 0.3 is 5.97 Å². The van der Waals surface area contributed by atoms with Gasteiger partial charge in [0.25, 0.3) is 0 Å². The molecule has 118 valence electrons. The van der Waals surface area contributed by atoms with Gasteiger partial charge in [0.1, 0.15) is 0 Å². The highest BCUT2D eigenvalue weighted by Crippen LogP contribution is 2.19. The van der Waals surface area contributed by atoms with Crippen LogP contribution in [0.5, 0.6) is 0 Å². The molecule has 0 aromatic heterocycles. The maximum Gasteiger partial charge on any atom is 0.303 e. The van der Waals surface area contributed by atoms with E-state index >= 15 is 0 Å². The van der Waals surface area contributed by atoms with Crippen LogP contribution >= 0.6 is 0 Å². The molecule has 0 aliphatic rings. The summed E-state index contributed by atoms with van der Waals surface area (Å²) in [5.74, 6) is -0.866. The first-order valence-electron chi connectivity index (χ1n) is 7.07. The predicted molar refractivity (Wildman–Crippen MR) is 81.7 cm³/mol. The van der Waals surface area contributed by atoms with Crippen LogP contribution in [-0.2, 0) is 21.2 Å². The molecule has 2 N–H and O–H groups in total. The second kappa shape index (κ2) is 7.04. The van der Waals surface area contributed by atoms with E-state index in [1.807, 2.05) is 20.8 Å². The second-order valence-corrected chi connectivity index (χ2v) is 7.09. The summed E-state index contributed by atoms with van der Waals surface area (Å²) < 4.78 is 27.4. The van der Waals surface area contributed by atoms with Crippen molar-refractivity contribution in [1.82, 2.24) is 4.72 Å². The van der Waals surface area contributed by atoms with Gasteiger partial charge in [-0.2, -0.15) is 0 Å². The van der Waals surface area contributed by atoms with Gasteiger partial charge in [0.15, 0.2) is 0 Å². The van der Waals surface area contributed by atoms with E-state index in [2.05, 4.69) is 4.72 Å². The highest BCUT2D eigenvalue weighted by molar-refractivity contribution is 7.89. The summed E-state index contributed by atoms with van der Waals surface area (Å²) in [6, 6.07) is 6.36. The zero-order valence-electron chi connectivity index (χ0n) is 12.7. The Morgan fingerprint density at radius 1 is 1.19 bits per heavy atom. The fraction of sp³-hybridized carbons (Fsp3) is 0.533. The number of sulfonamides is 1. The zero-order chi connectivity index (χ0) is 16.1. The van der Waals surface area contributed by atoms with Crippen molar-refractivity contribution in [2.24, 2.45) is 0 Å². The van der Waals surface area contributed by atoms with E-state index in [1.165, 1.54) is 12.1 Å². The molecule has 0 bridgehead atoms. The predicted octanol–water partition coefficient (Wildman–Crippen LogP) is 2.56.